The molecule has 4 heteroatoms. The van der Waals surface area contributed by atoms with Gasteiger partial charge in [0.25, 0.3) is 0 Å². The molecule has 0 radical (unpaired) electrons. The van der Waals surface area contributed by atoms with Gasteiger partial charge in [-0.25, -0.2) is 4.79 Å². The zero-order valence-electron chi connectivity index (χ0n) is 14.7. The van der Waals surface area contributed by atoms with Crippen molar-refractivity contribution in [3.05, 3.63) is 58.7 Å². The van der Waals surface area contributed by atoms with Crippen LogP contribution in [0.15, 0.2) is 36.4 Å². The second kappa shape index (κ2) is 8.39. The number of carbonyl (C=O) groups excluding carboxylic acids is 1. The van der Waals surface area contributed by atoms with Crippen molar-refractivity contribution < 1.29 is 19.0 Å². The molecule has 0 amide bonds. The van der Waals surface area contributed by atoms with Crippen molar-refractivity contribution in [2.24, 2.45) is 0 Å². The van der Waals surface area contributed by atoms with Gasteiger partial charge in [-0.1, -0.05) is 24.3 Å². The third kappa shape index (κ3) is 4.75. The lowest BCUT2D eigenvalue weighted by Gasteiger charge is -2.12. The second-order valence-corrected chi connectivity index (χ2v) is 5.75. The molecule has 0 aliphatic rings. The normalized spacial score (nSPS) is 10.3. The summed E-state index contributed by atoms with van der Waals surface area (Å²) in [5.41, 5.74) is 4.43. The molecule has 0 N–H and O–H groups in total. The van der Waals surface area contributed by atoms with Crippen LogP contribution in [0.25, 0.3) is 0 Å². The summed E-state index contributed by atoms with van der Waals surface area (Å²) >= 11 is 0. The molecule has 0 heterocycles. The van der Waals surface area contributed by atoms with Crippen molar-refractivity contribution in [2.75, 3.05) is 19.8 Å². The number of benzene rings is 2. The molecule has 0 aliphatic carbocycles. The molecule has 0 saturated carbocycles. The fraction of sp³-hybridized carbons (Fsp3) is 0.350. The van der Waals surface area contributed by atoms with Crippen LogP contribution < -0.4 is 9.47 Å². The summed E-state index contributed by atoms with van der Waals surface area (Å²) in [7, 11) is 0. The molecular weight excluding hydrogens is 304 g/mol. The average Bonchev–Trinajstić information content (AvgIpc) is 2.56. The first-order valence-electron chi connectivity index (χ1n) is 8.02. The Bertz CT molecular complexity index is 707. The van der Waals surface area contributed by atoms with Crippen LogP contribution in [0.2, 0.25) is 0 Å². The van der Waals surface area contributed by atoms with Crippen LogP contribution in [0.5, 0.6) is 11.5 Å². The molecule has 128 valence electrons. The van der Waals surface area contributed by atoms with Crippen LogP contribution in [-0.2, 0) is 9.53 Å². The first-order chi connectivity index (χ1) is 11.5. The van der Waals surface area contributed by atoms with Crippen molar-refractivity contribution in [1.82, 2.24) is 0 Å². The van der Waals surface area contributed by atoms with Crippen LogP contribution >= 0.6 is 0 Å². The van der Waals surface area contributed by atoms with Crippen molar-refractivity contribution in [1.29, 1.82) is 0 Å². The highest BCUT2D eigenvalue weighted by Crippen LogP contribution is 2.21. The number of hydrogen-bond donors (Lipinski definition) is 0. The van der Waals surface area contributed by atoms with E-state index in [4.69, 9.17) is 14.2 Å². The predicted molar refractivity (Wildman–Crippen MR) is 93.8 cm³/mol. The summed E-state index contributed by atoms with van der Waals surface area (Å²) in [6.07, 6.45) is 0. The molecule has 0 atom stereocenters. The van der Waals surface area contributed by atoms with Gasteiger partial charge in [0.05, 0.1) is 0 Å². The topological polar surface area (TPSA) is 44.8 Å². The van der Waals surface area contributed by atoms with E-state index in [0.717, 1.165) is 22.4 Å². The Kier molecular flexibility index (Phi) is 6.24. The molecular formula is C20H24O4. The van der Waals surface area contributed by atoms with Crippen molar-refractivity contribution in [3.8, 4) is 11.5 Å². The Morgan fingerprint density at radius 3 is 1.92 bits per heavy atom. The molecule has 0 unspecified atom stereocenters. The summed E-state index contributed by atoms with van der Waals surface area (Å²) in [4.78, 5) is 11.7. The molecule has 0 bridgehead atoms. The Morgan fingerprint density at radius 1 is 0.792 bits per heavy atom. The van der Waals surface area contributed by atoms with E-state index in [1.54, 1.807) is 0 Å². The van der Waals surface area contributed by atoms with Crippen molar-refractivity contribution >= 4 is 5.97 Å². The van der Waals surface area contributed by atoms with Crippen LogP contribution in [0.1, 0.15) is 22.3 Å². The first-order valence-corrected chi connectivity index (χ1v) is 8.02. The minimum Gasteiger partial charge on any atom is -0.490 e. The highest BCUT2D eigenvalue weighted by Gasteiger charge is 2.08. The Balaban J connectivity index is 1.72. The van der Waals surface area contributed by atoms with E-state index in [1.807, 2.05) is 64.1 Å². The molecule has 2 rings (SSSR count). The zero-order chi connectivity index (χ0) is 17.5. The fourth-order valence-electron chi connectivity index (χ4n) is 2.25. The number of hydrogen-bond acceptors (Lipinski definition) is 4. The van der Waals surface area contributed by atoms with Crippen molar-refractivity contribution in [2.45, 2.75) is 27.7 Å². The van der Waals surface area contributed by atoms with Gasteiger partial charge in [0.2, 0.25) is 0 Å². The lowest BCUT2D eigenvalue weighted by molar-refractivity contribution is -0.146. The van der Waals surface area contributed by atoms with Gasteiger partial charge in [0.15, 0.2) is 6.61 Å². The average molecular weight is 328 g/mol. The Morgan fingerprint density at radius 2 is 1.33 bits per heavy atom. The van der Waals surface area contributed by atoms with Crippen LogP contribution in [-0.4, -0.2) is 25.8 Å². The minimum absolute atomic E-state index is 0.103. The van der Waals surface area contributed by atoms with Crippen LogP contribution in [0.3, 0.4) is 0 Å². The van der Waals surface area contributed by atoms with Gasteiger partial charge in [0.1, 0.15) is 24.7 Å². The lowest BCUT2D eigenvalue weighted by Crippen LogP contribution is -2.18. The Hall–Kier alpha value is -2.49. The number of carbonyl (C=O) groups is 1. The maximum absolute atomic E-state index is 11.7. The van der Waals surface area contributed by atoms with Gasteiger partial charge in [-0.2, -0.15) is 0 Å². The standard InChI is InChI=1S/C20H24O4/c1-14-7-5-9-18(16(14)3)22-11-12-23-20(21)13-24-19-10-6-8-15(2)17(19)4/h5-10H,11-13H2,1-4H3. The molecule has 0 fully saturated rings. The minimum atomic E-state index is -0.402. The quantitative estimate of drug-likeness (QED) is 0.571. The van der Waals surface area contributed by atoms with E-state index in [9.17, 15) is 4.79 Å². The smallest absolute Gasteiger partial charge is 0.344 e. The van der Waals surface area contributed by atoms with Crippen LogP contribution in [0, 0.1) is 27.7 Å². The summed E-state index contributed by atoms with van der Waals surface area (Å²) in [5.74, 6) is 1.12. The largest absolute Gasteiger partial charge is 0.490 e. The third-order valence-electron chi connectivity index (χ3n) is 4.06. The molecule has 0 aromatic heterocycles. The highest BCUT2D eigenvalue weighted by atomic mass is 16.6. The summed E-state index contributed by atoms with van der Waals surface area (Å²) < 4.78 is 16.3. The molecule has 2 aromatic rings. The summed E-state index contributed by atoms with van der Waals surface area (Å²) in [5, 5.41) is 0. The van der Waals surface area contributed by atoms with Crippen molar-refractivity contribution in [3.63, 3.8) is 0 Å². The summed E-state index contributed by atoms with van der Waals surface area (Å²) in [6.45, 7) is 8.43. The Labute approximate surface area is 143 Å². The van der Waals surface area contributed by atoms with Gasteiger partial charge < -0.3 is 14.2 Å². The molecule has 4 nitrogen and oxygen atoms in total. The zero-order valence-corrected chi connectivity index (χ0v) is 14.7. The van der Waals surface area contributed by atoms with Crippen LogP contribution in [0.4, 0.5) is 0 Å². The molecule has 0 aliphatic heterocycles. The third-order valence-corrected chi connectivity index (χ3v) is 4.06. The van der Waals surface area contributed by atoms with Gasteiger partial charge >= 0.3 is 5.97 Å². The van der Waals surface area contributed by atoms with E-state index < -0.39 is 5.97 Å². The molecule has 2 aromatic carbocycles. The lowest BCUT2D eigenvalue weighted by atomic mass is 10.1. The SMILES string of the molecule is Cc1cccc(OCCOC(=O)COc2cccc(C)c2C)c1C. The van der Waals surface area contributed by atoms with Gasteiger partial charge in [0, 0.05) is 0 Å². The van der Waals surface area contributed by atoms with E-state index >= 15 is 0 Å². The molecule has 0 saturated heterocycles. The first kappa shape index (κ1) is 17.9. The maximum Gasteiger partial charge on any atom is 0.344 e. The predicted octanol–water partition coefficient (Wildman–Crippen LogP) is 3.92. The van der Waals surface area contributed by atoms with E-state index in [-0.39, 0.29) is 13.2 Å². The van der Waals surface area contributed by atoms with Gasteiger partial charge in [-0.15, -0.1) is 0 Å². The number of aryl methyl sites for hydroxylation is 2. The second-order valence-electron chi connectivity index (χ2n) is 5.75. The van der Waals surface area contributed by atoms with E-state index in [2.05, 4.69) is 0 Å². The van der Waals surface area contributed by atoms with E-state index in [0.29, 0.717) is 12.4 Å². The number of rotatable bonds is 7. The summed E-state index contributed by atoms with van der Waals surface area (Å²) in [6, 6.07) is 11.6. The van der Waals surface area contributed by atoms with Gasteiger partial charge in [-0.3, -0.25) is 0 Å². The number of ether oxygens (including phenoxy) is 3. The highest BCUT2D eigenvalue weighted by molar-refractivity contribution is 5.71. The monoisotopic (exact) mass is 328 g/mol. The van der Waals surface area contributed by atoms with Gasteiger partial charge in [-0.05, 0) is 62.1 Å². The maximum atomic E-state index is 11.7. The fourth-order valence-corrected chi connectivity index (χ4v) is 2.25. The van der Waals surface area contributed by atoms with E-state index in [1.165, 1.54) is 5.56 Å². The molecule has 24 heavy (non-hydrogen) atoms. The molecule has 0 spiro atoms. The number of esters is 1.